The van der Waals surface area contributed by atoms with E-state index in [1.165, 1.54) is 6.20 Å². The molecule has 2 aromatic heterocycles. The Bertz CT molecular complexity index is 1710. The zero-order chi connectivity index (χ0) is 32.0. The molecule has 0 aliphatic rings. The molecular formula is C31H34N6O7. The highest BCUT2D eigenvalue weighted by Crippen LogP contribution is 2.32. The predicted molar refractivity (Wildman–Crippen MR) is 160 cm³/mol. The minimum atomic E-state index is -1.05. The lowest BCUT2D eigenvalue weighted by atomic mass is 9.84. The molecule has 0 bridgehead atoms. The maximum atomic E-state index is 13.5. The van der Waals surface area contributed by atoms with Gasteiger partial charge in [-0.05, 0) is 37.5 Å². The highest BCUT2D eigenvalue weighted by Gasteiger charge is 2.34. The minimum Gasteiger partial charge on any atom is -0.497 e. The molecule has 1 atom stereocenters. The lowest BCUT2D eigenvalue weighted by Crippen LogP contribution is -2.46. The molecule has 230 valence electrons. The summed E-state index contributed by atoms with van der Waals surface area (Å²) in [6.45, 7) is 6.77. The Balaban J connectivity index is 1.59. The van der Waals surface area contributed by atoms with Crippen LogP contribution in [0.5, 0.6) is 5.75 Å². The first kappa shape index (κ1) is 31.6. The predicted octanol–water partition coefficient (Wildman–Crippen LogP) is 3.83. The van der Waals surface area contributed by atoms with E-state index in [0.29, 0.717) is 11.3 Å². The summed E-state index contributed by atoms with van der Waals surface area (Å²) in [5.74, 6) is -0.802. The van der Waals surface area contributed by atoms with Gasteiger partial charge in [-0.25, -0.2) is 9.78 Å². The van der Waals surface area contributed by atoms with Crippen molar-refractivity contribution in [3.8, 4) is 17.1 Å². The third kappa shape index (κ3) is 6.83. The van der Waals surface area contributed by atoms with Crippen LogP contribution in [0, 0.1) is 5.92 Å². The second kappa shape index (κ2) is 13.3. The number of rotatable bonds is 11. The van der Waals surface area contributed by atoms with E-state index in [2.05, 4.69) is 30.6 Å². The van der Waals surface area contributed by atoms with E-state index in [-0.39, 0.29) is 29.2 Å². The molecule has 2 amide bonds. The maximum absolute atomic E-state index is 13.5. The number of ketones is 1. The molecule has 0 aliphatic carbocycles. The van der Waals surface area contributed by atoms with E-state index in [1.54, 1.807) is 51.3 Å². The van der Waals surface area contributed by atoms with Crippen molar-refractivity contribution < 1.29 is 28.3 Å². The molecule has 2 N–H and O–H groups in total. The SMILES string of the molecule is COC(=O)Nc1cnc(-c2ccccc2)n(CC(=O)N[C@@H](C(=O)c2nnc(C(C)(C)c3cccc(OC)c3)o2)C(C)C)c1=O. The standard InChI is InChI=1S/C31H34N6O7/c1-18(2)24(25(39)27-35-36-29(44-27)31(3,4)20-13-10-14-21(15-20)42-5)34-23(38)17-37-26(19-11-8-7-9-12-19)32-16-22(28(37)40)33-30(41)43-6/h7-16,18,24H,17H2,1-6H3,(H,33,41)(H,34,38)/t24-/m1/s1. The Morgan fingerprint density at radius 2 is 1.75 bits per heavy atom. The third-order valence-corrected chi connectivity index (χ3v) is 7.03. The largest absolute Gasteiger partial charge is 0.497 e. The van der Waals surface area contributed by atoms with Crippen molar-refractivity contribution in [2.45, 2.75) is 45.7 Å². The molecular weight excluding hydrogens is 568 g/mol. The van der Waals surface area contributed by atoms with Gasteiger partial charge in [0.05, 0.1) is 31.9 Å². The Labute approximate surface area is 253 Å². The van der Waals surface area contributed by atoms with Gasteiger partial charge in [-0.1, -0.05) is 56.3 Å². The van der Waals surface area contributed by atoms with Crippen LogP contribution in [0.2, 0.25) is 0 Å². The van der Waals surface area contributed by atoms with Gasteiger partial charge < -0.3 is 19.2 Å². The lowest BCUT2D eigenvalue weighted by Gasteiger charge is -2.22. The number of hydrogen-bond donors (Lipinski definition) is 2. The van der Waals surface area contributed by atoms with E-state index in [1.807, 2.05) is 38.1 Å². The van der Waals surface area contributed by atoms with Gasteiger partial charge in [0.15, 0.2) is 0 Å². The van der Waals surface area contributed by atoms with Gasteiger partial charge in [0.25, 0.3) is 11.4 Å². The van der Waals surface area contributed by atoms with Crippen molar-refractivity contribution in [1.29, 1.82) is 0 Å². The Kier molecular flexibility index (Phi) is 9.57. The van der Waals surface area contributed by atoms with Gasteiger partial charge in [0, 0.05) is 5.56 Å². The highest BCUT2D eigenvalue weighted by atomic mass is 16.5. The Hall–Kier alpha value is -5.33. The first-order chi connectivity index (χ1) is 21.0. The summed E-state index contributed by atoms with van der Waals surface area (Å²) < 4.78 is 16.9. The number of amides is 2. The Morgan fingerprint density at radius 1 is 1.02 bits per heavy atom. The van der Waals surface area contributed by atoms with Crippen LogP contribution in [-0.2, 0) is 21.5 Å². The quantitative estimate of drug-likeness (QED) is 0.241. The number of methoxy groups -OCH3 is 2. The molecule has 2 aromatic carbocycles. The van der Waals surface area contributed by atoms with Crippen LogP contribution in [0.15, 0.2) is 70.0 Å². The van der Waals surface area contributed by atoms with Crippen LogP contribution in [0.3, 0.4) is 0 Å². The number of ether oxygens (including phenoxy) is 2. The van der Waals surface area contributed by atoms with Crippen LogP contribution in [-0.4, -0.2) is 57.8 Å². The second-order valence-electron chi connectivity index (χ2n) is 10.8. The number of carbonyl (C=O) groups excluding carboxylic acids is 3. The van der Waals surface area contributed by atoms with Gasteiger partial charge >= 0.3 is 6.09 Å². The summed E-state index contributed by atoms with van der Waals surface area (Å²) in [6.07, 6.45) is 0.322. The monoisotopic (exact) mass is 602 g/mol. The third-order valence-electron chi connectivity index (χ3n) is 7.03. The fourth-order valence-corrected chi connectivity index (χ4v) is 4.44. The summed E-state index contributed by atoms with van der Waals surface area (Å²) in [7, 11) is 2.73. The molecule has 0 unspecified atom stereocenters. The molecule has 44 heavy (non-hydrogen) atoms. The number of anilines is 1. The van der Waals surface area contributed by atoms with Gasteiger partial charge in [-0.2, -0.15) is 0 Å². The van der Waals surface area contributed by atoms with Crippen LogP contribution in [0.4, 0.5) is 10.5 Å². The number of nitrogens with zero attached hydrogens (tertiary/aromatic N) is 4. The van der Waals surface area contributed by atoms with Crippen LogP contribution >= 0.6 is 0 Å². The number of carbonyl (C=O) groups is 3. The molecule has 0 fully saturated rings. The topological polar surface area (TPSA) is 168 Å². The maximum Gasteiger partial charge on any atom is 0.411 e. The lowest BCUT2D eigenvalue weighted by molar-refractivity contribution is -0.122. The van der Waals surface area contributed by atoms with E-state index < -0.39 is 41.3 Å². The van der Waals surface area contributed by atoms with E-state index in [4.69, 9.17) is 9.15 Å². The van der Waals surface area contributed by atoms with Crippen LogP contribution in [0.25, 0.3) is 11.4 Å². The minimum absolute atomic E-state index is 0.183. The smallest absolute Gasteiger partial charge is 0.411 e. The van der Waals surface area contributed by atoms with Crippen molar-refractivity contribution in [2.75, 3.05) is 19.5 Å². The van der Waals surface area contributed by atoms with Gasteiger partial charge in [0.2, 0.25) is 17.6 Å². The molecule has 0 saturated heterocycles. The van der Waals surface area contributed by atoms with E-state index in [0.717, 1.165) is 17.2 Å². The number of aromatic nitrogens is 4. The zero-order valence-electron chi connectivity index (χ0n) is 25.3. The van der Waals surface area contributed by atoms with Crippen molar-refractivity contribution in [3.05, 3.63) is 88.5 Å². The highest BCUT2D eigenvalue weighted by molar-refractivity contribution is 5.98. The molecule has 2 heterocycles. The molecule has 4 rings (SSSR count). The number of nitrogens with one attached hydrogen (secondary N) is 2. The summed E-state index contributed by atoms with van der Waals surface area (Å²) in [5.41, 5.74) is -0.214. The zero-order valence-corrected chi connectivity index (χ0v) is 25.3. The van der Waals surface area contributed by atoms with E-state index >= 15 is 0 Å². The normalized spacial score (nSPS) is 12.0. The fraction of sp³-hybridized carbons (Fsp3) is 0.323. The number of Topliss-reactive ketones (excluding diaryl/α,β-unsaturated/α-hetero) is 1. The molecule has 13 heteroatoms. The summed E-state index contributed by atoms with van der Waals surface area (Å²) in [6, 6.07) is 15.1. The summed E-state index contributed by atoms with van der Waals surface area (Å²) >= 11 is 0. The second-order valence-corrected chi connectivity index (χ2v) is 10.8. The van der Waals surface area contributed by atoms with Crippen molar-refractivity contribution >= 4 is 23.5 Å². The number of benzene rings is 2. The van der Waals surface area contributed by atoms with E-state index in [9.17, 15) is 19.2 Å². The Morgan fingerprint density at radius 3 is 2.41 bits per heavy atom. The molecule has 0 radical (unpaired) electrons. The van der Waals surface area contributed by atoms with Crippen molar-refractivity contribution in [3.63, 3.8) is 0 Å². The summed E-state index contributed by atoms with van der Waals surface area (Å²) in [5, 5.41) is 13.1. The van der Waals surface area contributed by atoms with Crippen molar-refractivity contribution in [1.82, 2.24) is 25.1 Å². The first-order valence-electron chi connectivity index (χ1n) is 13.8. The fourth-order valence-electron chi connectivity index (χ4n) is 4.44. The van der Waals surface area contributed by atoms with Crippen molar-refractivity contribution in [2.24, 2.45) is 5.92 Å². The first-order valence-corrected chi connectivity index (χ1v) is 13.8. The average molecular weight is 603 g/mol. The van der Waals surface area contributed by atoms with Gasteiger partial charge in [0.1, 0.15) is 23.8 Å². The van der Waals surface area contributed by atoms with Crippen LogP contribution in [0.1, 0.15) is 49.8 Å². The molecule has 0 saturated carbocycles. The molecule has 0 spiro atoms. The molecule has 0 aliphatic heterocycles. The van der Waals surface area contributed by atoms with Crippen LogP contribution < -0.4 is 20.9 Å². The van der Waals surface area contributed by atoms with Gasteiger partial charge in [-0.3, -0.25) is 24.3 Å². The molecule has 13 nitrogen and oxygen atoms in total. The molecule has 4 aromatic rings. The number of hydrogen-bond acceptors (Lipinski definition) is 10. The van der Waals surface area contributed by atoms with Gasteiger partial charge in [-0.15, -0.1) is 10.2 Å². The summed E-state index contributed by atoms with van der Waals surface area (Å²) in [4.78, 5) is 56.3. The average Bonchev–Trinajstić information content (AvgIpc) is 3.53.